The van der Waals surface area contributed by atoms with Crippen molar-refractivity contribution in [3.8, 4) is 0 Å². The maximum absolute atomic E-state index is 12.0. The van der Waals surface area contributed by atoms with Crippen molar-refractivity contribution in [2.24, 2.45) is 10.8 Å². The average Bonchev–Trinajstić information content (AvgIpc) is 2.85. The van der Waals surface area contributed by atoms with Crippen molar-refractivity contribution in [3.63, 3.8) is 0 Å². The van der Waals surface area contributed by atoms with E-state index >= 15 is 0 Å². The van der Waals surface area contributed by atoms with Gasteiger partial charge in [-0.15, -0.1) is 0 Å². The van der Waals surface area contributed by atoms with Crippen LogP contribution in [0.5, 0.6) is 0 Å². The van der Waals surface area contributed by atoms with E-state index in [1.807, 2.05) is 0 Å². The predicted molar refractivity (Wildman–Crippen MR) is 110 cm³/mol. The summed E-state index contributed by atoms with van der Waals surface area (Å²) in [5.41, 5.74) is 0.977. The van der Waals surface area contributed by atoms with E-state index in [2.05, 4.69) is 41.0 Å². The van der Waals surface area contributed by atoms with Crippen LogP contribution < -0.4 is 10.2 Å². The molecule has 4 rings (SSSR count). The molecule has 2 bridgehead atoms. The molecular formula is C20H24ClN5O2. The van der Waals surface area contributed by atoms with E-state index in [0.717, 1.165) is 25.8 Å². The summed E-state index contributed by atoms with van der Waals surface area (Å²) < 4.78 is 0. The molecule has 1 aliphatic carbocycles. The zero-order chi connectivity index (χ0) is 20.1. The summed E-state index contributed by atoms with van der Waals surface area (Å²) in [5.74, 6) is 0.603. The summed E-state index contributed by atoms with van der Waals surface area (Å²) in [5, 5.41) is 15.6. The molecule has 1 aromatic carbocycles. The molecule has 1 saturated heterocycles. The number of benzene rings is 1. The average molecular weight is 402 g/mol. The minimum absolute atomic E-state index is 0.0774. The number of hydrogen-bond donors (Lipinski definition) is 1. The Hall–Kier alpha value is -2.41. The lowest BCUT2D eigenvalue weighted by molar-refractivity contribution is -0.383. The van der Waals surface area contributed by atoms with Gasteiger partial charge in [-0.25, -0.2) is 9.97 Å². The van der Waals surface area contributed by atoms with Crippen molar-refractivity contribution < 1.29 is 4.92 Å². The molecule has 1 aromatic heterocycles. The maximum atomic E-state index is 12.0. The van der Waals surface area contributed by atoms with Crippen LogP contribution in [-0.2, 0) is 0 Å². The van der Waals surface area contributed by atoms with Crippen molar-refractivity contribution in [3.05, 3.63) is 45.7 Å². The fourth-order valence-electron chi connectivity index (χ4n) is 5.22. The molecule has 28 heavy (non-hydrogen) atoms. The van der Waals surface area contributed by atoms with Crippen LogP contribution in [0.1, 0.15) is 40.0 Å². The van der Waals surface area contributed by atoms with E-state index in [0.29, 0.717) is 16.5 Å². The Morgan fingerprint density at radius 2 is 1.93 bits per heavy atom. The Labute approximate surface area is 169 Å². The Morgan fingerprint density at radius 1 is 1.21 bits per heavy atom. The standard InChI is InChI=1S/C20H24ClN5O2/c1-19(2)8-15-9-20(3,10-19)11-25(15)18-16(26(27)28)17(22-12-23-18)24-14-6-4-13(21)5-7-14/h4-7,12,15H,8-11H2,1-3H3,(H,22,23,24). The molecule has 148 valence electrons. The van der Waals surface area contributed by atoms with Crippen LogP contribution in [0.2, 0.25) is 5.02 Å². The van der Waals surface area contributed by atoms with Gasteiger partial charge < -0.3 is 10.2 Å². The molecule has 2 aliphatic rings. The quantitative estimate of drug-likeness (QED) is 0.560. The van der Waals surface area contributed by atoms with Gasteiger partial charge in [-0.3, -0.25) is 10.1 Å². The monoisotopic (exact) mass is 401 g/mol. The molecule has 2 unspecified atom stereocenters. The SMILES string of the molecule is CC1(C)CC2CC(C)(CN2c2ncnc(Nc3ccc(Cl)cc3)c2[N+](=O)[O-])C1. The first-order valence-corrected chi connectivity index (χ1v) is 9.82. The summed E-state index contributed by atoms with van der Waals surface area (Å²) in [6.07, 6.45) is 4.55. The molecule has 2 fully saturated rings. The third kappa shape index (κ3) is 3.51. The first-order chi connectivity index (χ1) is 13.2. The number of aromatic nitrogens is 2. The molecule has 1 saturated carbocycles. The van der Waals surface area contributed by atoms with Gasteiger partial charge in [0, 0.05) is 23.3 Å². The third-order valence-corrected chi connectivity index (χ3v) is 6.03. The van der Waals surface area contributed by atoms with Crippen molar-refractivity contribution >= 4 is 34.6 Å². The van der Waals surface area contributed by atoms with Crippen LogP contribution in [0.15, 0.2) is 30.6 Å². The van der Waals surface area contributed by atoms with Crippen molar-refractivity contribution in [2.45, 2.75) is 46.1 Å². The zero-order valence-corrected chi connectivity index (χ0v) is 17.0. The highest BCUT2D eigenvalue weighted by Crippen LogP contribution is 2.54. The summed E-state index contributed by atoms with van der Waals surface area (Å²) in [7, 11) is 0. The Morgan fingerprint density at radius 3 is 2.61 bits per heavy atom. The van der Waals surface area contributed by atoms with Gasteiger partial charge in [0.1, 0.15) is 6.33 Å². The number of nitrogens with one attached hydrogen (secondary N) is 1. The number of anilines is 3. The molecule has 1 N–H and O–H groups in total. The van der Waals surface area contributed by atoms with E-state index in [1.165, 1.54) is 6.33 Å². The molecule has 0 amide bonds. The number of hydrogen-bond acceptors (Lipinski definition) is 6. The maximum Gasteiger partial charge on any atom is 0.353 e. The molecule has 8 heteroatoms. The topological polar surface area (TPSA) is 84.2 Å². The summed E-state index contributed by atoms with van der Waals surface area (Å²) in [4.78, 5) is 22.2. The van der Waals surface area contributed by atoms with Crippen LogP contribution in [0.25, 0.3) is 0 Å². The molecule has 0 radical (unpaired) electrons. The largest absolute Gasteiger partial charge is 0.353 e. The second kappa shape index (κ2) is 6.58. The Balaban J connectivity index is 1.72. The van der Waals surface area contributed by atoms with Crippen LogP contribution in [0.3, 0.4) is 0 Å². The number of nitro groups is 1. The van der Waals surface area contributed by atoms with Gasteiger partial charge in [0.25, 0.3) is 0 Å². The van der Waals surface area contributed by atoms with Crippen LogP contribution in [-0.4, -0.2) is 27.5 Å². The van der Waals surface area contributed by atoms with E-state index in [1.54, 1.807) is 24.3 Å². The summed E-state index contributed by atoms with van der Waals surface area (Å²) in [6, 6.07) is 7.24. The third-order valence-electron chi connectivity index (χ3n) is 5.78. The van der Waals surface area contributed by atoms with E-state index in [9.17, 15) is 10.1 Å². The van der Waals surface area contributed by atoms with E-state index < -0.39 is 0 Å². The number of fused-ring (bicyclic) bond motifs is 2. The summed E-state index contributed by atoms with van der Waals surface area (Å²) in [6.45, 7) is 7.62. The lowest BCUT2D eigenvalue weighted by Gasteiger charge is -2.39. The smallest absolute Gasteiger partial charge is 0.347 e. The minimum atomic E-state index is -0.386. The predicted octanol–water partition coefficient (Wildman–Crippen LogP) is 5.19. The fourth-order valence-corrected chi connectivity index (χ4v) is 5.34. The van der Waals surface area contributed by atoms with E-state index in [4.69, 9.17) is 11.6 Å². The van der Waals surface area contributed by atoms with Crippen molar-refractivity contribution in [1.29, 1.82) is 0 Å². The second-order valence-electron chi connectivity index (χ2n) is 9.13. The molecule has 0 spiro atoms. The Bertz CT molecular complexity index is 917. The number of nitrogens with zero attached hydrogens (tertiary/aromatic N) is 4. The van der Waals surface area contributed by atoms with Gasteiger partial charge in [-0.2, -0.15) is 0 Å². The summed E-state index contributed by atoms with van der Waals surface area (Å²) >= 11 is 5.93. The van der Waals surface area contributed by atoms with Gasteiger partial charge in [0.2, 0.25) is 11.6 Å². The highest BCUT2D eigenvalue weighted by atomic mass is 35.5. The fraction of sp³-hybridized carbons (Fsp3) is 0.500. The molecule has 2 aromatic rings. The molecule has 1 aliphatic heterocycles. The van der Waals surface area contributed by atoms with Crippen LogP contribution in [0, 0.1) is 20.9 Å². The van der Waals surface area contributed by atoms with Gasteiger partial charge in [-0.05, 0) is 54.4 Å². The highest BCUT2D eigenvalue weighted by molar-refractivity contribution is 6.30. The highest BCUT2D eigenvalue weighted by Gasteiger charge is 2.51. The van der Waals surface area contributed by atoms with Gasteiger partial charge >= 0.3 is 5.69 Å². The zero-order valence-electron chi connectivity index (χ0n) is 16.3. The molecule has 7 nitrogen and oxygen atoms in total. The second-order valence-corrected chi connectivity index (χ2v) is 9.56. The normalized spacial score (nSPS) is 25.6. The first-order valence-electron chi connectivity index (χ1n) is 9.45. The lowest BCUT2D eigenvalue weighted by Crippen LogP contribution is -2.35. The van der Waals surface area contributed by atoms with E-state index in [-0.39, 0.29) is 33.3 Å². The lowest BCUT2D eigenvalue weighted by atomic mass is 9.65. The molecular weight excluding hydrogens is 378 g/mol. The van der Waals surface area contributed by atoms with Crippen molar-refractivity contribution in [1.82, 2.24) is 9.97 Å². The van der Waals surface area contributed by atoms with Crippen LogP contribution in [0.4, 0.5) is 23.0 Å². The number of rotatable bonds is 4. The Kier molecular flexibility index (Phi) is 4.45. The van der Waals surface area contributed by atoms with Gasteiger partial charge in [0.05, 0.1) is 4.92 Å². The van der Waals surface area contributed by atoms with Crippen LogP contribution >= 0.6 is 11.6 Å². The van der Waals surface area contributed by atoms with Gasteiger partial charge in [0.15, 0.2) is 0 Å². The van der Waals surface area contributed by atoms with Gasteiger partial charge in [-0.1, -0.05) is 32.4 Å². The minimum Gasteiger partial charge on any atom is -0.347 e. The first kappa shape index (κ1) is 18.9. The number of halogens is 1. The molecule has 2 atom stereocenters. The van der Waals surface area contributed by atoms with Crippen molar-refractivity contribution in [2.75, 3.05) is 16.8 Å². The molecule has 2 heterocycles.